The number of fused-ring (bicyclic) bond motifs is 1. The molecule has 0 aliphatic carbocycles. The summed E-state index contributed by atoms with van der Waals surface area (Å²) in [7, 11) is 0. The van der Waals surface area contributed by atoms with E-state index in [0.717, 1.165) is 11.0 Å². The van der Waals surface area contributed by atoms with Crippen molar-refractivity contribution in [3.05, 3.63) is 30.6 Å². The van der Waals surface area contributed by atoms with Gasteiger partial charge in [-0.2, -0.15) is 4.73 Å². The first-order valence-electron chi connectivity index (χ1n) is 4.68. The van der Waals surface area contributed by atoms with Gasteiger partial charge in [0.1, 0.15) is 11.1 Å². The lowest BCUT2D eigenvalue weighted by atomic mass is 10.2. The molecule has 3 heteroatoms. The standard InChI is InChI=1S/C11H14N2O/c1-11(2,3)14-13-8-6-9-10(13)5-4-7-12-9/h4-8H,1-3H3. The monoisotopic (exact) mass is 190 g/mol. The second-order valence-electron chi connectivity index (χ2n) is 4.25. The van der Waals surface area contributed by atoms with Crippen LogP contribution in [-0.4, -0.2) is 15.3 Å². The molecule has 0 N–H and O–H groups in total. The molecular formula is C11H14N2O. The fourth-order valence-electron chi connectivity index (χ4n) is 1.32. The minimum absolute atomic E-state index is 0.193. The average molecular weight is 190 g/mol. The van der Waals surface area contributed by atoms with E-state index in [2.05, 4.69) is 4.98 Å². The highest BCUT2D eigenvalue weighted by atomic mass is 16.7. The molecular weight excluding hydrogens is 176 g/mol. The van der Waals surface area contributed by atoms with Crippen molar-refractivity contribution < 1.29 is 4.84 Å². The van der Waals surface area contributed by atoms with Gasteiger partial charge in [-0.1, -0.05) is 0 Å². The van der Waals surface area contributed by atoms with Crippen molar-refractivity contribution >= 4 is 11.0 Å². The van der Waals surface area contributed by atoms with Crippen LogP contribution in [0.3, 0.4) is 0 Å². The highest BCUT2D eigenvalue weighted by Gasteiger charge is 2.13. The Morgan fingerprint density at radius 3 is 2.79 bits per heavy atom. The second kappa shape index (κ2) is 3.01. The highest BCUT2D eigenvalue weighted by Crippen LogP contribution is 2.13. The van der Waals surface area contributed by atoms with E-state index >= 15 is 0 Å². The molecule has 0 bridgehead atoms. The van der Waals surface area contributed by atoms with Crippen LogP contribution in [0.15, 0.2) is 30.6 Å². The molecule has 2 rings (SSSR count). The Morgan fingerprint density at radius 2 is 2.07 bits per heavy atom. The van der Waals surface area contributed by atoms with E-state index in [0.29, 0.717) is 0 Å². The van der Waals surface area contributed by atoms with Gasteiger partial charge in [0, 0.05) is 12.4 Å². The number of aromatic nitrogens is 2. The molecule has 2 heterocycles. The minimum atomic E-state index is -0.193. The Bertz CT molecular complexity index is 440. The van der Waals surface area contributed by atoms with Gasteiger partial charge in [-0.05, 0) is 39.0 Å². The van der Waals surface area contributed by atoms with Crippen molar-refractivity contribution in [1.29, 1.82) is 0 Å². The van der Waals surface area contributed by atoms with Crippen LogP contribution in [0.25, 0.3) is 11.0 Å². The Labute approximate surface area is 83.3 Å². The first kappa shape index (κ1) is 9.06. The summed E-state index contributed by atoms with van der Waals surface area (Å²) in [4.78, 5) is 9.96. The normalized spacial score (nSPS) is 11.9. The molecule has 0 radical (unpaired) electrons. The van der Waals surface area contributed by atoms with Crippen LogP contribution in [0, 0.1) is 0 Å². The van der Waals surface area contributed by atoms with Crippen LogP contribution in [0.5, 0.6) is 0 Å². The number of pyridine rings is 1. The molecule has 0 spiro atoms. The molecule has 0 amide bonds. The van der Waals surface area contributed by atoms with Crippen molar-refractivity contribution in [3.8, 4) is 0 Å². The number of hydrogen-bond donors (Lipinski definition) is 0. The molecule has 14 heavy (non-hydrogen) atoms. The molecule has 0 aromatic carbocycles. The maximum absolute atomic E-state index is 5.73. The summed E-state index contributed by atoms with van der Waals surface area (Å²) in [6.45, 7) is 6.07. The molecule has 0 aliphatic heterocycles. The SMILES string of the molecule is CC(C)(C)On1ccc2ncccc21. The summed E-state index contributed by atoms with van der Waals surface area (Å²) in [6, 6.07) is 5.85. The predicted molar refractivity (Wildman–Crippen MR) is 56.1 cm³/mol. The minimum Gasteiger partial charge on any atom is -0.408 e. The van der Waals surface area contributed by atoms with Gasteiger partial charge in [-0.15, -0.1) is 0 Å². The highest BCUT2D eigenvalue weighted by molar-refractivity contribution is 5.74. The van der Waals surface area contributed by atoms with Crippen LogP contribution < -0.4 is 4.84 Å². The fraction of sp³-hybridized carbons (Fsp3) is 0.364. The van der Waals surface area contributed by atoms with Gasteiger partial charge < -0.3 is 4.84 Å². The van der Waals surface area contributed by atoms with Crippen molar-refractivity contribution in [2.45, 2.75) is 26.4 Å². The number of hydrogen-bond acceptors (Lipinski definition) is 2. The molecule has 0 aliphatic rings. The van der Waals surface area contributed by atoms with E-state index < -0.39 is 0 Å². The third-order valence-electron chi connectivity index (χ3n) is 1.79. The zero-order chi connectivity index (χ0) is 10.2. The summed E-state index contributed by atoms with van der Waals surface area (Å²) in [6.07, 6.45) is 3.67. The van der Waals surface area contributed by atoms with Crippen molar-refractivity contribution in [1.82, 2.24) is 9.71 Å². The van der Waals surface area contributed by atoms with Gasteiger partial charge in [0.15, 0.2) is 0 Å². The fourth-order valence-corrected chi connectivity index (χ4v) is 1.32. The largest absolute Gasteiger partial charge is 0.408 e. The van der Waals surface area contributed by atoms with Gasteiger partial charge in [0.2, 0.25) is 0 Å². The third-order valence-corrected chi connectivity index (χ3v) is 1.79. The first-order valence-corrected chi connectivity index (χ1v) is 4.68. The second-order valence-corrected chi connectivity index (χ2v) is 4.25. The third kappa shape index (κ3) is 1.71. The first-order chi connectivity index (χ1) is 6.56. The van der Waals surface area contributed by atoms with Crippen LogP contribution >= 0.6 is 0 Å². The van der Waals surface area contributed by atoms with Gasteiger partial charge in [0.05, 0.1) is 5.52 Å². The smallest absolute Gasteiger partial charge is 0.127 e. The molecule has 0 saturated carbocycles. The molecule has 3 nitrogen and oxygen atoms in total. The number of rotatable bonds is 1. The van der Waals surface area contributed by atoms with Crippen molar-refractivity contribution in [2.24, 2.45) is 0 Å². The molecule has 0 saturated heterocycles. The lowest BCUT2D eigenvalue weighted by Crippen LogP contribution is -2.30. The van der Waals surface area contributed by atoms with Gasteiger partial charge in [-0.25, -0.2) is 0 Å². The molecule has 0 atom stereocenters. The van der Waals surface area contributed by atoms with Crippen LogP contribution in [0.4, 0.5) is 0 Å². The molecule has 0 unspecified atom stereocenters. The maximum Gasteiger partial charge on any atom is 0.127 e. The van der Waals surface area contributed by atoms with Crippen molar-refractivity contribution in [2.75, 3.05) is 0 Å². The molecule has 0 fully saturated rings. The molecule has 2 aromatic rings. The summed E-state index contributed by atoms with van der Waals surface area (Å²) in [5.41, 5.74) is 1.76. The summed E-state index contributed by atoms with van der Waals surface area (Å²) in [5, 5.41) is 0. The topological polar surface area (TPSA) is 27.1 Å². The predicted octanol–water partition coefficient (Wildman–Crippen LogP) is 2.26. The maximum atomic E-state index is 5.73. The van der Waals surface area contributed by atoms with E-state index in [-0.39, 0.29) is 5.60 Å². The van der Waals surface area contributed by atoms with Crippen LogP contribution in [0.2, 0.25) is 0 Å². The number of nitrogens with zero attached hydrogens (tertiary/aromatic N) is 2. The summed E-state index contributed by atoms with van der Waals surface area (Å²) >= 11 is 0. The van der Waals surface area contributed by atoms with Gasteiger partial charge in [-0.3, -0.25) is 4.98 Å². The molecule has 74 valence electrons. The average Bonchev–Trinajstić information content (AvgIpc) is 2.47. The van der Waals surface area contributed by atoms with Crippen LogP contribution in [0.1, 0.15) is 20.8 Å². The Hall–Kier alpha value is -1.51. The Kier molecular flexibility index (Phi) is 1.95. The Balaban J connectivity index is 2.44. The lowest BCUT2D eigenvalue weighted by molar-refractivity contribution is -0.00815. The zero-order valence-electron chi connectivity index (χ0n) is 8.69. The molecule has 2 aromatic heterocycles. The van der Waals surface area contributed by atoms with Crippen molar-refractivity contribution in [3.63, 3.8) is 0 Å². The van der Waals surface area contributed by atoms with E-state index in [1.807, 2.05) is 45.2 Å². The zero-order valence-corrected chi connectivity index (χ0v) is 8.69. The summed E-state index contributed by atoms with van der Waals surface area (Å²) in [5.74, 6) is 0. The van der Waals surface area contributed by atoms with Gasteiger partial charge in [0.25, 0.3) is 0 Å². The van der Waals surface area contributed by atoms with E-state index in [1.54, 1.807) is 10.9 Å². The summed E-state index contributed by atoms with van der Waals surface area (Å²) < 4.78 is 1.77. The van der Waals surface area contributed by atoms with Gasteiger partial charge >= 0.3 is 0 Å². The van der Waals surface area contributed by atoms with E-state index in [4.69, 9.17) is 4.84 Å². The van der Waals surface area contributed by atoms with E-state index in [9.17, 15) is 0 Å². The lowest BCUT2D eigenvalue weighted by Gasteiger charge is -2.21. The quantitative estimate of drug-likeness (QED) is 0.689. The Morgan fingerprint density at radius 1 is 1.29 bits per heavy atom. The van der Waals surface area contributed by atoms with E-state index in [1.165, 1.54) is 0 Å². The van der Waals surface area contributed by atoms with Crippen LogP contribution in [-0.2, 0) is 0 Å².